The van der Waals surface area contributed by atoms with Crippen LogP contribution in [-0.4, -0.2) is 51.1 Å². The van der Waals surface area contributed by atoms with Gasteiger partial charge in [0, 0.05) is 42.0 Å². The number of rotatable bonds is 9. The highest BCUT2D eigenvalue weighted by Gasteiger charge is 2.20. The molecule has 0 bridgehead atoms. The molecule has 2 heterocycles. The smallest absolute Gasteiger partial charge is 0.300 e. The maximum atomic E-state index is 13.0. The van der Waals surface area contributed by atoms with Gasteiger partial charge in [0.1, 0.15) is 17.2 Å². The zero-order valence-corrected chi connectivity index (χ0v) is 20.5. The monoisotopic (exact) mass is 495 g/mol. The van der Waals surface area contributed by atoms with Crippen LogP contribution in [0.5, 0.6) is 17.2 Å². The average molecular weight is 496 g/mol. The molecule has 0 saturated carbocycles. The summed E-state index contributed by atoms with van der Waals surface area (Å²) in [5.41, 5.74) is 1.06. The second kappa shape index (κ2) is 10.5. The fourth-order valence-electron chi connectivity index (χ4n) is 3.35. The number of amides is 1. The Balaban J connectivity index is 1.52. The van der Waals surface area contributed by atoms with Gasteiger partial charge >= 0.3 is 5.56 Å². The van der Waals surface area contributed by atoms with Crippen LogP contribution < -0.4 is 25.1 Å². The molecule has 4 aromatic rings. The first kappa shape index (κ1) is 24.1. The van der Waals surface area contributed by atoms with Gasteiger partial charge in [0.05, 0.1) is 26.1 Å². The molecule has 1 atom stereocenters. The van der Waals surface area contributed by atoms with Crippen LogP contribution in [0.1, 0.15) is 13.8 Å². The van der Waals surface area contributed by atoms with Crippen LogP contribution in [0.3, 0.4) is 0 Å². The van der Waals surface area contributed by atoms with E-state index in [0.717, 1.165) is 5.75 Å². The molecule has 0 aliphatic heterocycles. The van der Waals surface area contributed by atoms with Crippen LogP contribution in [0.15, 0.2) is 64.8 Å². The molecule has 182 valence electrons. The van der Waals surface area contributed by atoms with E-state index in [0.29, 0.717) is 34.6 Å². The van der Waals surface area contributed by atoms with Gasteiger partial charge < -0.3 is 19.5 Å². The maximum Gasteiger partial charge on any atom is 0.300 e. The molecule has 1 unspecified atom stereocenters. The van der Waals surface area contributed by atoms with Crippen LogP contribution in [0.25, 0.3) is 11.3 Å². The quantitative estimate of drug-likeness (QED) is 0.352. The summed E-state index contributed by atoms with van der Waals surface area (Å²) in [5.74, 6) is 1.61. The Labute approximate surface area is 205 Å². The number of anilines is 1. The number of hydrogen-bond acceptors (Lipinski definition) is 8. The Morgan fingerprint density at radius 3 is 2.34 bits per heavy atom. The predicted octanol–water partition coefficient (Wildman–Crippen LogP) is 3.42. The highest BCUT2D eigenvalue weighted by Crippen LogP contribution is 2.27. The number of nitrogens with one attached hydrogen (secondary N) is 1. The normalized spacial score (nSPS) is 11.8. The molecule has 11 heteroatoms. The van der Waals surface area contributed by atoms with Crippen molar-refractivity contribution in [2.75, 3.05) is 26.1 Å². The van der Waals surface area contributed by atoms with Crippen LogP contribution in [0.2, 0.25) is 0 Å². The second-order valence-electron chi connectivity index (χ2n) is 7.43. The van der Waals surface area contributed by atoms with Crippen molar-refractivity contribution in [3.8, 4) is 22.9 Å². The SMILES string of the molecule is CCOc1ccc(-n2ccn3c(SC(C)C(=O)Nc4cc(OC)cc(OC)c4)nnc3c2=O)cc1. The van der Waals surface area contributed by atoms with Crippen molar-refractivity contribution in [2.45, 2.75) is 24.3 Å². The predicted molar refractivity (Wildman–Crippen MR) is 133 cm³/mol. The van der Waals surface area contributed by atoms with Gasteiger partial charge in [0.2, 0.25) is 11.6 Å². The molecule has 2 aromatic carbocycles. The summed E-state index contributed by atoms with van der Waals surface area (Å²) < 4.78 is 19.0. The molecule has 2 aromatic heterocycles. The first-order valence-corrected chi connectivity index (χ1v) is 11.7. The third kappa shape index (κ3) is 5.24. The number of hydrogen-bond donors (Lipinski definition) is 1. The summed E-state index contributed by atoms with van der Waals surface area (Å²) >= 11 is 1.19. The molecular weight excluding hydrogens is 470 g/mol. The number of thioether (sulfide) groups is 1. The molecule has 0 aliphatic rings. The third-order valence-corrected chi connectivity index (χ3v) is 6.19. The van der Waals surface area contributed by atoms with Gasteiger partial charge in [-0.1, -0.05) is 11.8 Å². The zero-order valence-electron chi connectivity index (χ0n) is 19.7. The number of fused-ring (bicyclic) bond motifs is 1. The summed E-state index contributed by atoms with van der Waals surface area (Å²) in [4.78, 5) is 25.8. The van der Waals surface area contributed by atoms with E-state index in [1.165, 1.54) is 16.3 Å². The van der Waals surface area contributed by atoms with Crippen LogP contribution in [-0.2, 0) is 4.79 Å². The molecule has 0 saturated heterocycles. The third-order valence-electron chi connectivity index (χ3n) is 5.14. The van der Waals surface area contributed by atoms with E-state index < -0.39 is 5.25 Å². The Morgan fingerprint density at radius 1 is 1.03 bits per heavy atom. The largest absolute Gasteiger partial charge is 0.497 e. The van der Waals surface area contributed by atoms with Crippen molar-refractivity contribution in [3.63, 3.8) is 0 Å². The minimum atomic E-state index is -0.520. The number of aromatic nitrogens is 4. The Hall–Kier alpha value is -3.99. The van der Waals surface area contributed by atoms with E-state index >= 15 is 0 Å². The standard InChI is InChI=1S/C24H25N5O5S/c1-5-34-18-8-6-17(7-9-18)28-10-11-29-21(23(28)31)26-27-24(29)35-15(2)22(30)25-16-12-19(32-3)14-20(13-16)33-4/h6-15H,5H2,1-4H3,(H,25,30). The number of carbonyl (C=O) groups is 1. The van der Waals surface area contributed by atoms with Gasteiger partial charge in [0.15, 0.2) is 5.16 Å². The van der Waals surface area contributed by atoms with Crippen molar-refractivity contribution in [1.29, 1.82) is 0 Å². The van der Waals surface area contributed by atoms with Crippen molar-refractivity contribution < 1.29 is 19.0 Å². The van der Waals surface area contributed by atoms with E-state index in [2.05, 4.69) is 15.5 Å². The highest BCUT2D eigenvalue weighted by atomic mass is 32.2. The Kier molecular flexibility index (Phi) is 7.25. The van der Waals surface area contributed by atoms with Crippen LogP contribution >= 0.6 is 11.8 Å². The molecule has 0 aliphatic carbocycles. The Bertz CT molecular complexity index is 1380. The van der Waals surface area contributed by atoms with Gasteiger partial charge in [-0.3, -0.25) is 18.6 Å². The molecule has 10 nitrogen and oxygen atoms in total. The molecule has 1 N–H and O–H groups in total. The Morgan fingerprint density at radius 2 is 1.71 bits per heavy atom. The minimum absolute atomic E-state index is 0.161. The lowest BCUT2D eigenvalue weighted by molar-refractivity contribution is -0.115. The van der Waals surface area contributed by atoms with Gasteiger partial charge in [0.25, 0.3) is 0 Å². The van der Waals surface area contributed by atoms with Crippen molar-refractivity contribution in [1.82, 2.24) is 19.2 Å². The molecular formula is C24H25N5O5S. The fourth-order valence-corrected chi connectivity index (χ4v) is 4.19. The summed E-state index contributed by atoms with van der Waals surface area (Å²) in [6.45, 7) is 4.23. The van der Waals surface area contributed by atoms with E-state index in [9.17, 15) is 9.59 Å². The second-order valence-corrected chi connectivity index (χ2v) is 8.74. The topological polar surface area (TPSA) is 109 Å². The van der Waals surface area contributed by atoms with Gasteiger partial charge in [-0.2, -0.15) is 0 Å². The first-order chi connectivity index (χ1) is 16.9. The van der Waals surface area contributed by atoms with E-state index in [-0.39, 0.29) is 17.1 Å². The molecule has 35 heavy (non-hydrogen) atoms. The molecule has 0 radical (unpaired) electrons. The first-order valence-electron chi connectivity index (χ1n) is 10.8. The average Bonchev–Trinajstić information content (AvgIpc) is 3.28. The molecule has 4 rings (SSSR count). The van der Waals surface area contributed by atoms with Crippen LogP contribution in [0.4, 0.5) is 5.69 Å². The summed E-state index contributed by atoms with van der Waals surface area (Å²) in [5, 5.41) is 11.0. The number of benzene rings is 2. The van der Waals surface area contributed by atoms with E-state index in [1.54, 1.807) is 80.4 Å². The fraction of sp³-hybridized carbons (Fsp3) is 0.250. The molecule has 1 amide bonds. The highest BCUT2D eigenvalue weighted by molar-refractivity contribution is 8.00. The number of methoxy groups -OCH3 is 2. The molecule has 0 fully saturated rings. The van der Waals surface area contributed by atoms with Crippen molar-refractivity contribution >= 4 is 29.0 Å². The summed E-state index contributed by atoms with van der Waals surface area (Å²) in [7, 11) is 3.08. The number of nitrogens with zero attached hydrogens (tertiary/aromatic N) is 4. The lowest BCUT2D eigenvalue weighted by Crippen LogP contribution is -2.23. The lowest BCUT2D eigenvalue weighted by atomic mass is 10.2. The van der Waals surface area contributed by atoms with Gasteiger partial charge in [-0.15, -0.1) is 10.2 Å². The summed E-state index contributed by atoms with van der Waals surface area (Å²) in [6, 6.07) is 12.3. The van der Waals surface area contributed by atoms with E-state index in [1.807, 2.05) is 6.92 Å². The minimum Gasteiger partial charge on any atom is -0.497 e. The van der Waals surface area contributed by atoms with Crippen LogP contribution in [0, 0.1) is 0 Å². The number of carbonyl (C=O) groups excluding carboxylic acids is 1. The number of ether oxygens (including phenoxy) is 3. The van der Waals surface area contributed by atoms with Gasteiger partial charge in [-0.25, -0.2) is 0 Å². The van der Waals surface area contributed by atoms with E-state index in [4.69, 9.17) is 14.2 Å². The molecule has 0 spiro atoms. The lowest BCUT2D eigenvalue weighted by Gasteiger charge is -2.13. The van der Waals surface area contributed by atoms with Crippen molar-refractivity contribution in [3.05, 3.63) is 65.2 Å². The summed E-state index contributed by atoms with van der Waals surface area (Å²) in [6.07, 6.45) is 3.35. The zero-order chi connectivity index (χ0) is 24.9. The van der Waals surface area contributed by atoms with Gasteiger partial charge in [-0.05, 0) is 38.1 Å². The maximum absolute atomic E-state index is 13.0. The van der Waals surface area contributed by atoms with Crippen molar-refractivity contribution in [2.24, 2.45) is 0 Å².